The van der Waals surface area contributed by atoms with E-state index in [1.165, 1.54) is 0 Å². The molecule has 0 heterocycles. The van der Waals surface area contributed by atoms with E-state index in [1.807, 2.05) is 37.3 Å². The van der Waals surface area contributed by atoms with Crippen molar-refractivity contribution in [3.8, 4) is 0 Å². The van der Waals surface area contributed by atoms with Crippen LogP contribution >= 0.6 is 0 Å². The van der Waals surface area contributed by atoms with Crippen LogP contribution in [-0.4, -0.2) is 12.1 Å². The zero-order valence-corrected chi connectivity index (χ0v) is 8.23. The lowest BCUT2D eigenvalue weighted by molar-refractivity contribution is -0.120. The van der Waals surface area contributed by atoms with Gasteiger partial charge in [-0.3, -0.25) is 4.79 Å². The molecule has 0 spiro atoms. The molecule has 1 N–H and O–H groups in total. The SMILES string of the molecule is CCC=NNC(=O)Cc1ccccc1. The van der Waals surface area contributed by atoms with Gasteiger partial charge in [-0.2, -0.15) is 5.10 Å². The van der Waals surface area contributed by atoms with Crippen molar-refractivity contribution in [1.82, 2.24) is 5.43 Å². The van der Waals surface area contributed by atoms with Crippen LogP contribution in [0.3, 0.4) is 0 Å². The first kappa shape index (κ1) is 10.4. The number of hydrogen-bond acceptors (Lipinski definition) is 2. The van der Waals surface area contributed by atoms with Gasteiger partial charge in [0.05, 0.1) is 6.42 Å². The third-order valence-corrected chi connectivity index (χ3v) is 1.67. The van der Waals surface area contributed by atoms with Crippen LogP contribution in [0.1, 0.15) is 18.9 Å². The lowest BCUT2D eigenvalue weighted by atomic mass is 10.1. The summed E-state index contributed by atoms with van der Waals surface area (Å²) in [6.45, 7) is 1.97. The van der Waals surface area contributed by atoms with Gasteiger partial charge in [0, 0.05) is 6.21 Å². The summed E-state index contributed by atoms with van der Waals surface area (Å²) in [5.41, 5.74) is 3.46. The van der Waals surface area contributed by atoms with Crippen LogP contribution in [0, 0.1) is 0 Å². The predicted octanol–water partition coefficient (Wildman–Crippen LogP) is 1.74. The topological polar surface area (TPSA) is 41.5 Å². The fraction of sp³-hybridized carbons (Fsp3) is 0.273. The number of amides is 1. The van der Waals surface area contributed by atoms with Crippen molar-refractivity contribution in [2.45, 2.75) is 19.8 Å². The summed E-state index contributed by atoms with van der Waals surface area (Å²) < 4.78 is 0. The third kappa shape index (κ3) is 3.85. The van der Waals surface area contributed by atoms with Gasteiger partial charge in [0.2, 0.25) is 5.91 Å². The number of hydrazone groups is 1. The Morgan fingerprint density at radius 2 is 2.14 bits per heavy atom. The molecule has 0 unspecified atom stereocenters. The Kier molecular flexibility index (Phi) is 4.41. The van der Waals surface area contributed by atoms with Crippen LogP contribution in [0.5, 0.6) is 0 Å². The van der Waals surface area contributed by atoms with Crippen molar-refractivity contribution >= 4 is 12.1 Å². The standard InChI is InChI=1S/C11H14N2O/c1-2-8-12-13-11(14)9-10-6-4-3-5-7-10/h3-8H,2,9H2,1H3,(H,13,14). The van der Waals surface area contributed by atoms with Gasteiger partial charge in [0.1, 0.15) is 0 Å². The summed E-state index contributed by atoms with van der Waals surface area (Å²) in [7, 11) is 0. The number of rotatable bonds is 4. The molecular weight excluding hydrogens is 176 g/mol. The summed E-state index contributed by atoms with van der Waals surface area (Å²) in [5.74, 6) is -0.0825. The molecule has 0 aliphatic heterocycles. The molecule has 0 radical (unpaired) electrons. The summed E-state index contributed by atoms with van der Waals surface area (Å²) in [4.78, 5) is 11.3. The summed E-state index contributed by atoms with van der Waals surface area (Å²) >= 11 is 0. The lowest BCUT2D eigenvalue weighted by Crippen LogP contribution is -2.19. The third-order valence-electron chi connectivity index (χ3n) is 1.67. The van der Waals surface area contributed by atoms with E-state index in [0.717, 1.165) is 12.0 Å². The van der Waals surface area contributed by atoms with Crippen molar-refractivity contribution in [3.63, 3.8) is 0 Å². The molecule has 1 rings (SSSR count). The highest BCUT2D eigenvalue weighted by Crippen LogP contribution is 1.98. The summed E-state index contributed by atoms with van der Waals surface area (Å²) in [6.07, 6.45) is 2.87. The smallest absolute Gasteiger partial charge is 0.244 e. The summed E-state index contributed by atoms with van der Waals surface area (Å²) in [6, 6.07) is 9.60. The average Bonchev–Trinajstić information content (AvgIpc) is 2.20. The molecule has 1 aromatic carbocycles. The Bertz CT molecular complexity index is 306. The molecule has 0 saturated heterocycles. The highest BCUT2D eigenvalue weighted by Gasteiger charge is 1.99. The molecule has 74 valence electrons. The highest BCUT2D eigenvalue weighted by molar-refractivity contribution is 5.79. The van der Waals surface area contributed by atoms with E-state index < -0.39 is 0 Å². The maximum absolute atomic E-state index is 11.3. The number of carbonyl (C=O) groups is 1. The van der Waals surface area contributed by atoms with Gasteiger partial charge in [-0.05, 0) is 12.0 Å². The molecule has 0 saturated carbocycles. The highest BCUT2D eigenvalue weighted by atomic mass is 16.2. The quantitative estimate of drug-likeness (QED) is 0.570. The normalized spacial score (nSPS) is 10.4. The number of carbonyl (C=O) groups excluding carboxylic acids is 1. The van der Waals surface area contributed by atoms with Gasteiger partial charge in [-0.15, -0.1) is 0 Å². The van der Waals surface area contributed by atoms with Gasteiger partial charge in [-0.1, -0.05) is 37.3 Å². The van der Waals surface area contributed by atoms with Crippen LogP contribution in [-0.2, 0) is 11.2 Å². The molecule has 0 atom stereocenters. The number of nitrogens with zero attached hydrogens (tertiary/aromatic N) is 1. The fourth-order valence-electron chi connectivity index (χ4n) is 1.03. The second-order valence-electron chi connectivity index (χ2n) is 2.92. The van der Waals surface area contributed by atoms with E-state index in [2.05, 4.69) is 10.5 Å². The van der Waals surface area contributed by atoms with E-state index in [9.17, 15) is 4.79 Å². The number of hydrogen-bond donors (Lipinski definition) is 1. The second kappa shape index (κ2) is 5.91. The van der Waals surface area contributed by atoms with Crippen LogP contribution in [0.2, 0.25) is 0 Å². The van der Waals surface area contributed by atoms with Crippen LogP contribution in [0.4, 0.5) is 0 Å². The first-order valence-electron chi connectivity index (χ1n) is 4.67. The van der Waals surface area contributed by atoms with Gasteiger partial charge in [0.15, 0.2) is 0 Å². The molecule has 14 heavy (non-hydrogen) atoms. The maximum Gasteiger partial charge on any atom is 0.244 e. The van der Waals surface area contributed by atoms with E-state index in [0.29, 0.717) is 6.42 Å². The molecule has 0 bridgehead atoms. The molecule has 1 amide bonds. The minimum atomic E-state index is -0.0825. The van der Waals surface area contributed by atoms with Gasteiger partial charge < -0.3 is 0 Å². The molecule has 0 aromatic heterocycles. The number of nitrogens with one attached hydrogen (secondary N) is 1. The van der Waals surface area contributed by atoms with Crippen LogP contribution in [0.15, 0.2) is 35.4 Å². The molecule has 0 fully saturated rings. The minimum absolute atomic E-state index is 0.0825. The molecule has 3 heteroatoms. The Labute approximate surface area is 83.8 Å². The summed E-state index contributed by atoms with van der Waals surface area (Å²) in [5, 5.41) is 3.76. The Hall–Kier alpha value is -1.64. The minimum Gasteiger partial charge on any atom is -0.273 e. The van der Waals surface area contributed by atoms with Crippen LogP contribution < -0.4 is 5.43 Å². The lowest BCUT2D eigenvalue weighted by Gasteiger charge is -1.99. The molecule has 0 aliphatic rings. The molecule has 3 nitrogen and oxygen atoms in total. The predicted molar refractivity (Wildman–Crippen MR) is 57.1 cm³/mol. The van der Waals surface area contributed by atoms with E-state index in [-0.39, 0.29) is 5.91 Å². The Morgan fingerprint density at radius 1 is 1.43 bits per heavy atom. The van der Waals surface area contributed by atoms with Gasteiger partial charge >= 0.3 is 0 Å². The van der Waals surface area contributed by atoms with E-state index >= 15 is 0 Å². The maximum atomic E-state index is 11.3. The first-order chi connectivity index (χ1) is 6.83. The Morgan fingerprint density at radius 3 is 2.79 bits per heavy atom. The zero-order chi connectivity index (χ0) is 10.2. The first-order valence-corrected chi connectivity index (χ1v) is 4.67. The van der Waals surface area contributed by atoms with Crippen molar-refractivity contribution in [1.29, 1.82) is 0 Å². The van der Waals surface area contributed by atoms with E-state index in [1.54, 1.807) is 6.21 Å². The van der Waals surface area contributed by atoms with Crippen LogP contribution in [0.25, 0.3) is 0 Å². The Balaban J connectivity index is 2.38. The zero-order valence-electron chi connectivity index (χ0n) is 8.23. The monoisotopic (exact) mass is 190 g/mol. The van der Waals surface area contributed by atoms with Gasteiger partial charge in [0.25, 0.3) is 0 Å². The fourth-order valence-corrected chi connectivity index (χ4v) is 1.03. The van der Waals surface area contributed by atoms with E-state index in [4.69, 9.17) is 0 Å². The average molecular weight is 190 g/mol. The van der Waals surface area contributed by atoms with Crippen molar-refractivity contribution in [2.24, 2.45) is 5.10 Å². The largest absolute Gasteiger partial charge is 0.273 e. The number of benzene rings is 1. The molecular formula is C11H14N2O. The molecule has 0 aliphatic carbocycles. The van der Waals surface area contributed by atoms with Crippen molar-refractivity contribution in [3.05, 3.63) is 35.9 Å². The second-order valence-corrected chi connectivity index (χ2v) is 2.92. The molecule has 1 aromatic rings. The van der Waals surface area contributed by atoms with Crippen molar-refractivity contribution < 1.29 is 4.79 Å². The van der Waals surface area contributed by atoms with Gasteiger partial charge in [-0.25, -0.2) is 5.43 Å². The van der Waals surface area contributed by atoms with Crippen molar-refractivity contribution in [2.75, 3.05) is 0 Å².